The fourth-order valence-corrected chi connectivity index (χ4v) is 3.02. The van der Waals surface area contributed by atoms with Crippen LogP contribution in [0.3, 0.4) is 0 Å². The Balaban J connectivity index is 1.33. The Hall–Kier alpha value is -4.54. The number of carbonyl (C=O) groups excluding carboxylic acids is 2. The number of carbonyl (C=O) groups is 2. The molecule has 2 heterocycles. The van der Waals surface area contributed by atoms with Crippen molar-refractivity contribution in [2.24, 2.45) is 0 Å². The number of hydrogen-bond acceptors (Lipinski definition) is 5. The molecule has 0 saturated heterocycles. The fraction of sp³-hybridized carbons (Fsp3) is 0.0870. The summed E-state index contributed by atoms with van der Waals surface area (Å²) in [4.78, 5) is 32.8. The monoisotopic (exact) mass is 466 g/mol. The molecule has 4 rings (SSSR count). The standard InChI is InChI=1S/C23H17F3N6O2/c24-23(25,26)18-5-3-16(4-6-18)21(33)29-12-15-1-7-19(8-2-15)31-22(34)17-9-10-28-20(11-17)32-14-27-13-30-32/h1-11,13-14H,12H2,(H,29,33)(H,31,34). The van der Waals surface area contributed by atoms with Crippen LogP contribution in [0.2, 0.25) is 0 Å². The van der Waals surface area contributed by atoms with Crippen molar-refractivity contribution in [3.05, 3.63) is 102 Å². The number of anilines is 1. The normalized spacial score (nSPS) is 11.1. The Labute approximate surface area is 191 Å². The molecule has 0 aliphatic carbocycles. The molecular weight excluding hydrogens is 449 g/mol. The third-order valence-electron chi connectivity index (χ3n) is 4.80. The number of rotatable bonds is 6. The van der Waals surface area contributed by atoms with Crippen LogP contribution in [0, 0.1) is 0 Å². The van der Waals surface area contributed by atoms with Crippen molar-refractivity contribution in [2.75, 3.05) is 5.32 Å². The quantitative estimate of drug-likeness (QED) is 0.449. The highest BCUT2D eigenvalue weighted by molar-refractivity contribution is 6.04. The zero-order valence-electron chi connectivity index (χ0n) is 17.5. The Kier molecular flexibility index (Phi) is 6.35. The zero-order chi connectivity index (χ0) is 24.1. The largest absolute Gasteiger partial charge is 0.416 e. The lowest BCUT2D eigenvalue weighted by molar-refractivity contribution is -0.137. The van der Waals surface area contributed by atoms with Crippen LogP contribution >= 0.6 is 0 Å². The molecule has 0 unspecified atom stereocenters. The average Bonchev–Trinajstić information content (AvgIpc) is 3.38. The Morgan fingerprint density at radius 1 is 0.912 bits per heavy atom. The van der Waals surface area contributed by atoms with Crippen LogP contribution in [-0.4, -0.2) is 31.6 Å². The summed E-state index contributed by atoms with van der Waals surface area (Å²) in [5, 5.41) is 9.41. The number of halogens is 3. The first-order valence-corrected chi connectivity index (χ1v) is 9.96. The molecule has 2 aromatic heterocycles. The van der Waals surface area contributed by atoms with E-state index in [0.29, 0.717) is 17.1 Å². The van der Waals surface area contributed by atoms with E-state index in [1.54, 1.807) is 36.4 Å². The highest BCUT2D eigenvalue weighted by Gasteiger charge is 2.30. The van der Waals surface area contributed by atoms with Crippen molar-refractivity contribution < 1.29 is 22.8 Å². The van der Waals surface area contributed by atoms with E-state index in [4.69, 9.17) is 0 Å². The van der Waals surface area contributed by atoms with Crippen molar-refractivity contribution in [3.8, 4) is 5.82 Å². The number of nitrogens with zero attached hydrogens (tertiary/aromatic N) is 4. The van der Waals surface area contributed by atoms with Crippen LogP contribution in [0.15, 0.2) is 79.5 Å². The van der Waals surface area contributed by atoms with Gasteiger partial charge in [0.05, 0.1) is 5.56 Å². The summed E-state index contributed by atoms with van der Waals surface area (Å²) in [7, 11) is 0. The number of amides is 2. The van der Waals surface area contributed by atoms with E-state index in [1.165, 1.54) is 23.5 Å². The minimum Gasteiger partial charge on any atom is -0.348 e. The lowest BCUT2D eigenvalue weighted by Gasteiger charge is -2.10. The molecule has 0 spiro atoms. The van der Waals surface area contributed by atoms with Crippen molar-refractivity contribution in [2.45, 2.75) is 12.7 Å². The van der Waals surface area contributed by atoms with Crippen molar-refractivity contribution in [3.63, 3.8) is 0 Å². The first-order valence-electron chi connectivity index (χ1n) is 9.96. The molecule has 2 amide bonds. The lowest BCUT2D eigenvalue weighted by atomic mass is 10.1. The fourth-order valence-electron chi connectivity index (χ4n) is 3.02. The van der Waals surface area contributed by atoms with Crippen molar-refractivity contribution in [1.82, 2.24) is 25.1 Å². The van der Waals surface area contributed by atoms with Gasteiger partial charge in [0.25, 0.3) is 11.8 Å². The summed E-state index contributed by atoms with van der Waals surface area (Å²) >= 11 is 0. The molecule has 0 saturated carbocycles. The van der Waals surface area contributed by atoms with Gasteiger partial charge in [0, 0.05) is 29.6 Å². The summed E-state index contributed by atoms with van der Waals surface area (Å²) in [6, 6.07) is 13.9. The van der Waals surface area contributed by atoms with Gasteiger partial charge in [-0.3, -0.25) is 9.59 Å². The Bertz CT molecular complexity index is 1290. The van der Waals surface area contributed by atoms with Gasteiger partial charge < -0.3 is 10.6 Å². The molecule has 8 nitrogen and oxygen atoms in total. The SMILES string of the molecule is O=C(NCc1ccc(NC(=O)c2ccnc(-n3cncn3)c2)cc1)c1ccc(C(F)(F)F)cc1. The van der Waals surface area contributed by atoms with Gasteiger partial charge in [-0.25, -0.2) is 14.6 Å². The number of benzene rings is 2. The molecule has 11 heteroatoms. The molecule has 0 radical (unpaired) electrons. The molecule has 0 aliphatic heterocycles. The van der Waals surface area contributed by atoms with E-state index in [0.717, 1.165) is 29.8 Å². The van der Waals surface area contributed by atoms with Crippen LogP contribution in [0.5, 0.6) is 0 Å². The second-order valence-electron chi connectivity index (χ2n) is 7.15. The predicted octanol–water partition coefficient (Wildman–Crippen LogP) is 3.86. The molecule has 0 atom stereocenters. The zero-order valence-corrected chi connectivity index (χ0v) is 17.5. The highest BCUT2D eigenvalue weighted by Crippen LogP contribution is 2.29. The number of aromatic nitrogens is 4. The molecule has 172 valence electrons. The van der Waals surface area contributed by atoms with E-state index < -0.39 is 17.6 Å². The van der Waals surface area contributed by atoms with Crippen LogP contribution in [0.1, 0.15) is 31.8 Å². The van der Waals surface area contributed by atoms with Crippen LogP contribution in [0.4, 0.5) is 18.9 Å². The van der Waals surface area contributed by atoms with Crippen molar-refractivity contribution >= 4 is 17.5 Å². The summed E-state index contributed by atoms with van der Waals surface area (Å²) in [6.45, 7) is 0.166. The molecule has 2 N–H and O–H groups in total. The summed E-state index contributed by atoms with van der Waals surface area (Å²) in [5.74, 6) is -0.386. The van der Waals surface area contributed by atoms with E-state index in [2.05, 4.69) is 25.7 Å². The maximum Gasteiger partial charge on any atom is 0.416 e. The molecule has 2 aromatic carbocycles. The number of nitrogens with one attached hydrogen (secondary N) is 2. The van der Waals surface area contributed by atoms with Gasteiger partial charge >= 0.3 is 6.18 Å². The molecule has 0 bridgehead atoms. The minimum atomic E-state index is -4.46. The predicted molar refractivity (Wildman–Crippen MR) is 116 cm³/mol. The van der Waals surface area contributed by atoms with Crippen LogP contribution in [0.25, 0.3) is 5.82 Å². The second-order valence-corrected chi connectivity index (χ2v) is 7.15. The molecule has 4 aromatic rings. The highest BCUT2D eigenvalue weighted by atomic mass is 19.4. The van der Waals surface area contributed by atoms with Crippen LogP contribution < -0.4 is 10.6 Å². The van der Waals surface area contributed by atoms with Gasteiger partial charge in [-0.15, -0.1) is 0 Å². The average molecular weight is 466 g/mol. The first kappa shape index (κ1) is 22.6. The van der Waals surface area contributed by atoms with E-state index in [-0.39, 0.29) is 18.0 Å². The second kappa shape index (κ2) is 9.53. The Morgan fingerprint density at radius 2 is 1.65 bits per heavy atom. The van der Waals surface area contributed by atoms with Gasteiger partial charge in [-0.1, -0.05) is 12.1 Å². The Morgan fingerprint density at radius 3 is 2.29 bits per heavy atom. The van der Waals surface area contributed by atoms with E-state index in [9.17, 15) is 22.8 Å². The van der Waals surface area contributed by atoms with E-state index in [1.807, 2.05) is 0 Å². The molecule has 34 heavy (non-hydrogen) atoms. The third kappa shape index (κ3) is 5.44. The van der Waals surface area contributed by atoms with Gasteiger partial charge in [0.15, 0.2) is 5.82 Å². The first-order chi connectivity index (χ1) is 16.3. The van der Waals surface area contributed by atoms with Gasteiger partial charge in [-0.2, -0.15) is 18.3 Å². The molecule has 0 aliphatic rings. The summed E-state index contributed by atoms with van der Waals surface area (Å²) in [6.07, 6.45) is -0.126. The van der Waals surface area contributed by atoms with Gasteiger partial charge in [0.2, 0.25) is 0 Å². The summed E-state index contributed by atoms with van der Waals surface area (Å²) in [5.41, 5.74) is 0.980. The lowest BCUT2D eigenvalue weighted by Crippen LogP contribution is -2.23. The molecule has 0 fully saturated rings. The smallest absolute Gasteiger partial charge is 0.348 e. The number of hydrogen-bond donors (Lipinski definition) is 2. The van der Waals surface area contributed by atoms with Gasteiger partial charge in [0.1, 0.15) is 12.7 Å². The maximum atomic E-state index is 12.6. The minimum absolute atomic E-state index is 0.125. The third-order valence-corrected chi connectivity index (χ3v) is 4.80. The maximum absolute atomic E-state index is 12.6. The number of pyridine rings is 1. The summed E-state index contributed by atoms with van der Waals surface area (Å²) < 4.78 is 39.4. The van der Waals surface area contributed by atoms with Crippen LogP contribution in [-0.2, 0) is 12.7 Å². The molecular formula is C23H17F3N6O2. The number of alkyl halides is 3. The van der Waals surface area contributed by atoms with Crippen molar-refractivity contribution in [1.29, 1.82) is 0 Å². The van der Waals surface area contributed by atoms with Gasteiger partial charge in [-0.05, 0) is 54.1 Å². The van der Waals surface area contributed by atoms with E-state index >= 15 is 0 Å². The topological polar surface area (TPSA) is 102 Å².